The minimum absolute atomic E-state index is 0.0306. The summed E-state index contributed by atoms with van der Waals surface area (Å²) < 4.78 is 11.4. The molecule has 0 spiro atoms. The second-order valence-electron chi connectivity index (χ2n) is 6.27. The van der Waals surface area contributed by atoms with E-state index in [1.165, 1.54) is 0 Å². The van der Waals surface area contributed by atoms with Crippen molar-refractivity contribution in [3.63, 3.8) is 0 Å². The normalized spacial score (nSPS) is 27.4. The number of rotatable bonds is 4. The molecule has 3 atom stereocenters. The lowest BCUT2D eigenvalue weighted by Gasteiger charge is -2.44. The average molecular weight is 259 g/mol. The van der Waals surface area contributed by atoms with Gasteiger partial charge in [0.25, 0.3) is 0 Å². The van der Waals surface area contributed by atoms with Crippen molar-refractivity contribution in [2.24, 2.45) is 5.92 Å². The van der Waals surface area contributed by atoms with Gasteiger partial charge in [-0.2, -0.15) is 0 Å². The molecule has 1 unspecified atom stereocenters. The van der Waals surface area contributed by atoms with E-state index in [1.54, 1.807) is 7.11 Å². The highest BCUT2D eigenvalue weighted by molar-refractivity contribution is 6.74. The van der Waals surface area contributed by atoms with Crippen molar-refractivity contribution in [3.05, 3.63) is 0 Å². The predicted molar refractivity (Wildman–Crippen MR) is 70.2 cm³/mol. The molecule has 1 aliphatic rings. The lowest BCUT2D eigenvalue weighted by molar-refractivity contribution is -0.158. The molecule has 0 aromatic rings. The van der Waals surface area contributed by atoms with Gasteiger partial charge in [-0.3, -0.25) is 4.79 Å². The highest BCUT2D eigenvalue weighted by Gasteiger charge is 2.47. The molecule has 1 rings (SSSR count). The van der Waals surface area contributed by atoms with Crippen LogP contribution in [0.25, 0.3) is 0 Å². The number of hydrogen-bond acceptors (Lipinski definition) is 3. The molecule has 17 heavy (non-hydrogen) atoms. The van der Waals surface area contributed by atoms with E-state index in [0.29, 0.717) is 0 Å². The van der Waals surface area contributed by atoms with Crippen LogP contribution in [0, 0.1) is 5.92 Å². The number of ether oxygens (including phenoxy) is 1. The van der Waals surface area contributed by atoms with Crippen LogP contribution in [0.3, 0.4) is 0 Å². The Labute approximate surface area is 105 Å². The standard InChI is InChI=1S/C12H25NO3Si/c1-8(9-10(14)13-11(9)15-5)16-17(6,7)12(2,3)4/h8-9,11H,1-7H3,(H,13,14)/t8?,9-,11+/m0/s1. The molecular weight excluding hydrogens is 234 g/mol. The maximum absolute atomic E-state index is 11.5. The molecule has 1 saturated heterocycles. The molecule has 5 heteroatoms. The van der Waals surface area contributed by atoms with Crippen molar-refractivity contribution in [1.82, 2.24) is 5.32 Å². The summed E-state index contributed by atoms with van der Waals surface area (Å²) in [5.74, 6) is -0.141. The third-order valence-corrected chi connectivity index (χ3v) is 8.53. The fraction of sp³-hybridized carbons (Fsp3) is 0.917. The first kappa shape index (κ1) is 14.7. The molecule has 1 fully saturated rings. The smallest absolute Gasteiger partial charge is 0.232 e. The lowest BCUT2D eigenvalue weighted by atomic mass is 9.94. The summed E-state index contributed by atoms with van der Waals surface area (Å²) in [7, 11) is -0.213. The first-order chi connectivity index (χ1) is 7.60. The minimum atomic E-state index is -1.82. The van der Waals surface area contributed by atoms with Crippen molar-refractivity contribution in [3.8, 4) is 0 Å². The average Bonchev–Trinajstić information content (AvgIpc) is 2.10. The van der Waals surface area contributed by atoms with Gasteiger partial charge in [0.15, 0.2) is 8.32 Å². The van der Waals surface area contributed by atoms with Gasteiger partial charge in [-0.05, 0) is 25.1 Å². The Morgan fingerprint density at radius 1 is 1.35 bits per heavy atom. The summed E-state index contributed by atoms with van der Waals surface area (Å²) >= 11 is 0. The van der Waals surface area contributed by atoms with Crippen molar-refractivity contribution in [2.45, 2.75) is 58.2 Å². The summed E-state index contributed by atoms with van der Waals surface area (Å²) in [5, 5.41) is 2.88. The fourth-order valence-corrected chi connectivity index (χ4v) is 3.18. The highest BCUT2D eigenvalue weighted by Crippen LogP contribution is 2.38. The Morgan fingerprint density at radius 3 is 2.24 bits per heavy atom. The molecule has 1 N–H and O–H groups in total. The Balaban J connectivity index is 2.66. The molecule has 1 aliphatic heterocycles. The molecule has 1 heterocycles. The zero-order valence-corrected chi connectivity index (χ0v) is 13.0. The molecule has 0 bridgehead atoms. The molecular formula is C12H25NO3Si. The highest BCUT2D eigenvalue weighted by atomic mass is 28.4. The van der Waals surface area contributed by atoms with Gasteiger partial charge < -0.3 is 14.5 Å². The first-order valence-electron chi connectivity index (χ1n) is 6.11. The Bertz CT molecular complexity index is 299. The summed E-state index contributed by atoms with van der Waals surface area (Å²) in [4.78, 5) is 11.5. The van der Waals surface area contributed by atoms with Gasteiger partial charge in [0, 0.05) is 7.11 Å². The maximum atomic E-state index is 11.5. The number of carbonyl (C=O) groups is 1. The van der Waals surface area contributed by atoms with Gasteiger partial charge in [-0.1, -0.05) is 20.8 Å². The molecule has 0 saturated carbocycles. The second-order valence-corrected chi connectivity index (χ2v) is 11.0. The monoisotopic (exact) mass is 259 g/mol. The molecule has 0 radical (unpaired) electrons. The van der Waals surface area contributed by atoms with Crippen LogP contribution >= 0.6 is 0 Å². The number of β-lactam (4-membered cyclic amide) rings is 1. The molecule has 1 amide bonds. The van der Waals surface area contributed by atoms with Crippen LogP contribution in [0.2, 0.25) is 18.1 Å². The summed E-state index contributed by atoms with van der Waals surface area (Å²) in [6.45, 7) is 12.9. The number of nitrogens with one attached hydrogen (secondary N) is 1. The Morgan fingerprint density at radius 2 is 1.88 bits per heavy atom. The van der Waals surface area contributed by atoms with Gasteiger partial charge >= 0.3 is 0 Å². The van der Waals surface area contributed by atoms with Gasteiger partial charge in [0.05, 0.1) is 6.10 Å². The second kappa shape index (κ2) is 4.70. The largest absolute Gasteiger partial charge is 0.413 e. The Hall–Kier alpha value is -0.393. The van der Waals surface area contributed by atoms with Crippen LogP contribution in [0.15, 0.2) is 0 Å². The maximum Gasteiger partial charge on any atom is 0.232 e. The van der Waals surface area contributed by atoms with E-state index in [4.69, 9.17) is 9.16 Å². The van der Waals surface area contributed by atoms with Crippen molar-refractivity contribution in [2.75, 3.05) is 7.11 Å². The molecule has 4 nitrogen and oxygen atoms in total. The van der Waals surface area contributed by atoms with Gasteiger partial charge in [0.2, 0.25) is 5.91 Å². The van der Waals surface area contributed by atoms with E-state index in [-0.39, 0.29) is 29.2 Å². The van der Waals surface area contributed by atoms with Gasteiger partial charge in [-0.25, -0.2) is 0 Å². The zero-order valence-electron chi connectivity index (χ0n) is 12.0. The third-order valence-electron chi connectivity index (χ3n) is 3.96. The molecule has 100 valence electrons. The zero-order chi connectivity index (χ0) is 13.4. The molecule has 0 aromatic heterocycles. The number of methoxy groups -OCH3 is 1. The van der Waals surface area contributed by atoms with E-state index >= 15 is 0 Å². The number of hydrogen-bond donors (Lipinski definition) is 1. The fourth-order valence-electron chi connectivity index (χ4n) is 1.75. The number of carbonyl (C=O) groups excluding carboxylic acids is 1. The Kier molecular flexibility index (Phi) is 4.06. The summed E-state index contributed by atoms with van der Waals surface area (Å²) in [6.07, 6.45) is -0.281. The van der Waals surface area contributed by atoms with Crippen molar-refractivity contribution in [1.29, 1.82) is 0 Å². The summed E-state index contributed by atoms with van der Waals surface area (Å²) in [5.41, 5.74) is 0. The van der Waals surface area contributed by atoms with E-state index < -0.39 is 8.32 Å². The van der Waals surface area contributed by atoms with Crippen LogP contribution in [0.4, 0.5) is 0 Å². The van der Waals surface area contributed by atoms with Gasteiger partial charge in [0.1, 0.15) is 12.1 Å². The van der Waals surface area contributed by atoms with Gasteiger partial charge in [-0.15, -0.1) is 0 Å². The van der Waals surface area contributed by atoms with E-state index in [2.05, 4.69) is 39.2 Å². The van der Waals surface area contributed by atoms with Crippen molar-refractivity contribution >= 4 is 14.2 Å². The SMILES string of the molecule is CO[C@H]1NC(=O)[C@@H]1C(C)O[Si](C)(C)C(C)(C)C. The van der Waals surface area contributed by atoms with E-state index in [9.17, 15) is 4.79 Å². The van der Waals surface area contributed by atoms with E-state index in [0.717, 1.165) is 0 Å². The van der Waals surface area contributed by atoms with Crippen LogP contribution < -0.4 is 5.32 Å². The summed E-state index contributed by atoms with van der Waals surface area (Å²) in [6, 6.07) is 0. The number of amides is 1. The quantitative estimate of drug-likeness (QED) is 0.621. The van der Waals surface area contributed by atoms with Crippen molar-refractivity contribution < 1.29 is 14.0 Å². The third kappa shape index (κ3) is 2.89. The topological polar surface area (TPSA) is 47.6 Å². The van der Waals surface area contributed by atoms with Crippen LogP contribution in [0.1, 0.15) is 27.7 Å². The lowest BCUT2D eigenvalue weighted by Crippen LogP contribution is -2.64. The molecule has 0 aliphatic carbocycles. The predicted octanol–water partition coefficient (Wildman–Crippen LogP) is 2.12. The first-order valence-corrected chi connectivity index (χ1v) is 9.02. The van der Waals surface area contributed by atoms with Crippen LogP contribution in [-0.2, 0) is 14.0 Å². The van der Waals surface area contributed by atoms with Crippen LogP contribution in [-0.4, -0.2) is 33.7 Å². The van der Waals surface area contributed by atoms with E-state index in [1.807, 2.05) is 6.92 Å². The minimum Gasteiger partial charge on any atom is -0.413 e. The van der Waals surface area contributed by atoms with Crippen LogP contribution in [0.5, 0.6) is 0 Å². The molecule has 0 aromatic carbocycles.